The minimum absolute atomic E-state index is 0.154. The van der Waals surface area contributed by atoms with E-state index in [9.17, 15) is 24.0 Å². The van der Waals surface area contributed by atoms with Crippen LogP contribution in [0.3, 0.4) is 0 Å². The molecule has 3 rings (SSSR count). The summed E-state index contributed by atoms with van der Waals surface area (Å²) < 4.78 is 5.06. The highest BCUT2D eigenvalue weighted by atomic mass is 35.5. The molecule has 33 heavy (non-hydrogen) atoms. The molecular weight excluding hydrogens is 450 g/mol. The van der Waals surface area contributed by atoms with E-state index in [-0.39, 0.29) is 28.1 Å². The lowest BCUT2D eigenvalue weighted by Gasteiger charge is -2.24. The molecule has 1 atom stereocenters. The highest BCUT2D eigenvalue weighted by Gasteiger charge is 2.43. The SMILES string of the molecule is CCCC[C@H](C(=O)OCC(=O)NNC(=O)c1ccccc1Cl)N1C(=O)c2ccccc2C1=O. The van der Waals surface area contributed by atoms with Gasteiger partial charge in [-0.1, -0.05) is 55.6 Å². The van der Waals surface area contributed by atoms with Crippen LogP contribution < -0.4 is 10.9 Å². The number of esters is 1. The Bertz CT molecular complexity index is 1070. The van der Waals surface area contributed by atoms with Crippen molar-refractivity contribution < 1.29 is 28.7 Å². The average molecular weight is 472 g/mol. The van der Waals surface area contributed by atoms with Crippen molar-refractivity contribution in [3.05, 3.63) is 70.2 Å². The van der Waals surface area contributed by atoms with Crippen LogP contribution in [0.4, 0.5) is 0 Å². The van der Waals surface area contributed by atoms with E-state index in [1.54, 1.807) is 24.3 Å². The number of unbranched alkanes of at least 4 members (excludes halogenated alkanes) is 1. The van der Waals surface area contributed by atoms with Crippen LogP contribution in [0.1, 0.15) is 57.3 Å². The fourth-order valence-corrected chi connectivity index (χ4v) is 3.57. The van der Waals surface area contributed by atoms with Crippen LogP contribution in [0.15, 0.2) is 48.5 Å². The van der Waals surface area contributed by atoms with E-state index >= 15 is 0 Å². The molecule has 0 fully saturated rings. The minimum Gasteiger partial charge on any atom is -0.454 e. The van der Waals surface area contributed by atoms with Gasteiger partial charge in [-0.05, 0) is 30.7 Å². The number of hydrogen-bond donors (Lipinski definition) is 2. The number of carbonyl (C=O) groups excluding carboxylic acids is 5. The second-order valence-electron chi connectivity index (χ2n) is 7.27. The average Bonchev–Trinajstić information content (AvgIpc) is 3.07. The summed E-state index contributed by atoms with van der Waals surface area (Å²) in [5.74, 6) is -3.49. The molecule has 1 aliphatic rings. The number of nitrogens with one attached hydrogen (secondary N) is 2. The summed E-state index contributed by atoms with van der Waals surface area (Å²) in [6.07, 6.45) is 1.49. The molecule has 1 heterocycles. The summed E-state index contributed by atoms with van der Waals surface area (Å²) in [7, 11) is 0. The zero-order chi connectivity index (χ0) is 24.0. The Labute approximate surface area is 195 Å². The normalized spacial score (nSPS) is 13.3. The second kappa shape index (κ2) is 10.7. The number of benzene rings is 2. The maximum absolute atomic E-state index is 12.8. The summed E-state index contributed by atoms with van der Waals surface area (Å²) in [4.78, 5) is 63.3. The van der Waals surface area contributed by atoms with E-state index in [0.717, 1.165) is 11.3 Å². The van der Waals surface area contributed by atoms with Crippen LogP contribution in [0.5, 0.6) is 0 Å². The van der Waals surface area contributed by atoms with E-state index in [0.29, 0.717) is 6.42 Å². The van der Waals surface area contributed by atoms with Crippen molar-refractivity contribution in [3.63, 3.8) is 0 Å². The zero-order valence-corrected chi connectivity index (χ0v) is 18.6. The van der Waals surface area contributed by atoms with Gasteiger partial charge in [0.05, 0.1) is 21.7 Å². The van der Waals surface area contributed by atoms with Crippen LogP contribution in [-0.4, -0.2) is 47.1 Å². The second-order valence-corrected chi connectivity index (χ2v) is 7.68. The van der Waals surface area contributed by atoms with Crippen LogP contribution in [0, 0.1) is 0 Å². The van der Waals surface area contributed by atoms with E-state index in [1.165, 1.54) is 24.3 Å². The number of nitrogens with zero attached hydrogens (tertiary/aromatic N) is 1. The Morgan fingerprint density at radius 2 is 1.58 bits per heavy atom. The van der Waals surface area contributed by atoms with E-state index < -0.39 is 42.2 Å². The van der Waals surface area contributed by atoms with E-state index in [4.69, 9.17) is 16.3 Å². The van der Waals surface area contributed by atoms with Crippen LogP contribution >= 0.6 is 11.6 Å². The third-order valence-corrected chi connectivity index (χ3v) is 5.35. The summed E-state index contributed by atoms with van der Waals surface area (Å²) in [6, 6.07) is 11.4. The molecule has 0 aliphatic carbocycles. The molecule has 0 saturated heterocycles. The molecule has 0 saturated carbocycles. The van der Waals surface area contributed by atoms with E-state index in [2.05, 4.69) is 10.9 Å². The quantitative estimate of drug-likeness (QED) is 0.346. The summed E-state index contributed by atoms with van der Waals surface area (Å²) in [6.45, 7) is 1.19. The van der Waals surface area contributed by atoms with Crippen LogP contribution in [-0.2, 0) is 14.3 Å². The van der Waals surface area contributed by atoms with E-state index in [1.807, 2.05) is 6.92 Å². The first-order valence-corrected chi connectivity index (χ1v) is 10.7. The van der Waals surface area contributed by atoms with Crippen LogP contribution in [0.2, 0.25) is 5.02 Å². The molecule has 1 aliphatic heterocycles. The number of ether oxygens (including phenoxy) is 1. The largest absolute Gasteiger partial charge is 0.454 e. The summed E-state index contributed by atoms with van der Waals surface area (Å²) in [5.41, 5.74) is 4.89. The maximum atomic E-state index is 12.8. The molecule has 0 radical (unpaired) electrons. The lowest BCUT2D eigenvalue weighted by atomic mass is 10.1. The monoisotopic (exact) mass is 471 g/mol. The van der Waals surface area contributed by atoms with Gasteiger partial charge in [-0.2, -0.15) is 0 Å². The predicted molar refractivity (Wildman–Crippen MR) is 118 cm³/mol. The minimum atomic E-state index is -1.16. The van der Waals surface area contributed by atoms with Crippen molar-refractivity contribution in [3.8, 4) is 0 Å². The van der Waals surface area contributed by atoms with Crippen molar-refractivity contribution in [2.75, 3.05) is 6.61 Å². The lowest BCUT2D eigenvalue weighted by Crippen LogP contribution is -2.47. The third kappa shape index (κ3) is 5.38. The fourth-order valence-electron chi connectivity index (χ4n) is 3.35. The maximum Gasteiger partial charge on any atom is 0.329 e. The van der Waals surface area contributed by atoms with Gasteiger partial charge >= 0.3 is 5.97 Å². The molecule has 0 unspecified atom stereocenters. The van der Waals surface area contributed by atoms with Gasteiger partial charge in [0.2, 0.25) is 0 Å². The molecule has 2 aromatic carbocycles. The first-order chi connectivity index (χ1) is 15.8. The number of halogens is 1. The number of hydrogen-bond acceptors (Lipinski definition) is 6. The van der Waals surface area contributed by atoms with Gasteiger partial charge in [-0.15, -0.1) is 0 Å². The predicted octanol–water partition coefficient (Wildman–Crippen LogP) is 2.50. The van der Waals surface area contributed by atoms with Gasteiger partial charge in [0, 0.05) is 0 Å². The smallest absolute Gasteiger partial charge is 0.329 e. The number of imide groups is 1. The summed E-state index contributed by atoms with van der Waals surface area (Å²) in [5, 5.41) is 0.204. The van der Waals surface area contributed by atoms with Gasteiger partial charge in [0.1, 0.15) is 6.04 Å². The number of rotatable bonds is 8. The first-order valence-electron chi connectivity index (χ1n) is 10.3. The lowest BCUT2D eigenvalue weighted by molar-refractivity contribution is -0.152. The number of fused-ring (bicyclic) bond motifs is 1. The Balaban J connectivity index is 1.60. The van der Waals surface area contributed by atoms with Gasteiger partial charge in [-0.3, -0.25) is 34.9 Å². The molecule has 9 nitrogen and oxygen atoms in total. The van der Waals surface area contributed by atoms with Crippen molar-refractivity contribution in [1.82, 2.24) is 15.8 Å². The molecule has 10 heteroatoms. The topological polar surface area (TPSA) is 122 Å². The standard InChI is InChI=1S/C23H22ClN3O6/c1-2-3-12-18(27-21(30)14-8-4-5-9-15(14)22(27)31)23(32)33-13-19(28)25-26-20(29)16-10-6-7-11-17(16)24/h4-11,18H,2-3,12-13H2,1H3,(H,25,28)(H,26,29)/t18-/m1/s1. The molecular formula is C23H22ClN3O6. The molecule has 0 spiro atoms. The Morgan fingerprint density at radius 1 is 0.970 bits per heavy atom. The highest BCUT2D eigenvalue weighted by Crippen LogP contribution is 2.26. The Morgan fingerprint density at radius 3 is 2.18 bits per heavy atom. The molecule has 0 aromatic heterocycles. The Hall–Kier alpha value is -3.72. The third-order valence-electron chi connectivity index (χ3n) is 5.02. The number of amides is 4. The van der Waals surface area contributed by atoms with Crippen molar-refractivity contribution in [2.24, 2.45) is 0 Å². The summed E-state index contributed by atoms with van der Waals surface area (Å²) >= 11 is 5.93. The highest BCUT2D eigenvalue weighted by molar-refractivity contribution is 6.33. The molecule has 172 valence electrons. The van der Waals surface area contributed by atoms with Crippen LogP contribution in [0.25, 0.3) is 0 Å². The molecule has 0 bridgehead atoms. The fraction of sp³-hybridized carbons (Fsp3) is 0.261. The molecule has 2 N–H and O–H groups in total. The molecule has 2 aromatic rings. The van der Waals surface area contributed by atoms with Gasteiger partial charge in [0.15, 0.2) is 6.61 Å². The van der Waals surface area contributed by atoms with Gasteiger partial charge in [0.25, 0.3) is 23.6 Å². The van der Waals surface area contributed by atoms with Crippen molar-refractivity contribution in [2.45, 2.75) is 32.2 Å². The zero-order valence-electron chi connectivity index (χ0n) is 17.8. The number of carbonyl (C=O) groups is 5. The van der Waals surface area contributed by atoms with Gasteiger partial charge < -0.3 is 4.74 Å². The van der Waals surface area contributed by atoms with Gasteiger partial charge in [-0.25, -0.2) is 4.79 Å². The number of hydrazine groups is 1. The Kier molecular flexibility index (Phi) is 7.78. The van der Waals surface area contributed by atoms with Crippen molar-refractivity contribution >= 4 is 41.2 Å². The van der Waals surface area contributed by atoms with Crippen molar-refractivity contribution in [1.29, 1.82) is 0 Å². The first kappa shape index (κ1) is 23.9. The molecule has 4 amide bonds.